The molecule has 3 heteroatoms. The minimum atomic E-state index is 0.193. The van der Waals surface area contributed by atoms with Crippen LogP contribution < -0.4 is 4.74 Å². The molecule has 2 aromatic carbocycles. The highest BCUT2D eigenvalue weighted by molar-refractivity contribution is 9.09. The first kappa shape index (κ1) is 14.6. The van der Waals surface area contributed by atoms with Crippen molar-refractivity contribution in [2.45, 2.75) is 18.2 Å². The smallest absolute Gasteiger partial charge is 0.119 e. The van der Waals surface area contributed by atoms with E-state index in [2.05, 4.69) is 70.7 Å². The first-order valence-corrected chi connectivity index (χ1v) is 8.92. The average Bonchev–Trinajstić information content (AvgIpc) is 2.96. The first-order valence-electron chi connectivity index (χ1n) is 7.12. The highest BCUT2D eigenvalue weighted by Gasteiger charge is 2.15. The molecule has 3 rings (SSSR count). The molecule has 0 radical (unpaired) electrons. The zero-order valence-corrected chi connectivity index (χ0v) is 14.3. The fourth-order valence-corrected chi connectivity index (χ4v) is 4.18. The number of rotatable bonds is 5. The van der Waals surface area contributed by atoms with E-state index in [0.717, 1.165) is 18.8 Å². The number of hydrogen-bond acceptors (Lipinski definition) is 2. The van der Waals surface area contributed by atoms with Gasteiger partial charge in [-0.25, -0.2) is 0 Å². The molecule has 0 bridgehead atoms. The van der Waals surface area contributed by atoms with Crippen LogP contribution >= 0.6 is 27.3 Å². The lowest BCUT2D eigenvalue weighted by atomic mass is 10.0. The summed E-state index contributed by atoms with van der Waals surface area (Å²) >= 11 is 5.64. The van der Waals surface area contributed by atoms with Gasteiger partial charge in [0.2, 0.25) is 0 Å². The lowest BCUT2D eigenvalue weighted by Gasteiger charge is -2.12. The molecule has 0 spiro atoms. The Hall–Kier alpha value is -1.32. The fraction of sp³-hybridized carbons (Fsp3) is 0.222. The van der Waals surface area contributed by atoms with E-state index in [0.29, 0.717) is 0 Å². The second kappa shape index (κ2) is 6.63. The number of thiophene rings is 1. The van der Waals surface area contributed by atoms with Crippen LogP contribution in [0.5, 0.6) is 5.75 Å². The lowest BCUT2D eigenvalue weighted by Crippen LogP contribution is -1.97. The monoisotopic (exact) mass is 360 g/mol. The van der Waals surface area contributed by atoms with E-state index in [1.165, 1.54) is 21.2 Å². The standard InChI is InChI=1S/C18H17BrOS/c1-2-10-20-14-7-5-6-13(11-14)18(19)16-12-21-17-9-4-3-8-15(16)17/h3-9,11-12,18H,2,10H2,1H3. The normalized spacial score (nSPS) is 12.5. The van der Waals surface area contributed by atoms with Crippen LogP contribution in [0.2, 0.25) is 0 Å². The van der Waals surface area contributed by atoms with E-state index in [4.69, 9.17) is 4.74 Å². The van der Waals surface area contributed by atoms with E-state index in [1.54, 1.807) is 11.3 Å². The molecule has 21 heavy (non-hydrogen) atoms. The molecule has 1 nitrogen and oxygen atoms in total. The third-order valence-electron chi connectivity index (χ3n) is 3.41. The minimum absolute atomic E-state index is 0.193. The number of alkyl halides is 1. The van der Waals surface area contributed by atoms with Crippen molar-refractivity contribution in [2.75, 3.05) is 6.61 Å². The minimum Gasteiger partial charge on any atom is -0.494 e. The number of halogens is 1. The Morgan fingerprint density at radius 2 is 2.00 bits per heavy atom. The zero-order valence-electron chi connectivity index (χ0n) is 11.9. The van der Waals surface area contributed by atoms with Crippen LogP contribution in [-0.2, 0) is 0 Å². The van der Waals surface area contributed by atoms with E-state index >= 15 is 0 Å². The van der Waals surface area contributed by atoms with Crippen molar-refractivity contribution in [3.63, 3.8) is 0 Å². The van der Waals surface area contributed by atoms with Crippen molar-refractivity contribution in [3.05, 3.63) is 65.0 Å². The molecule has 0 N–H and O–H groups in total. The van der Waals surface area contributed by atoms with Crippen molar-refractivity contribution in [1.82, 2.24) is 0 Å². The van der Waals surface area contributed by atoms with Crippen molar-refractivity contribution in [3.8, 4) is 5.75 Å². The fourth-order valence-electron chi connectivity index (χ4n) is 2.36. The summed E-state index contributed by atoms with van der Waals surface area (Å²) in [5.41, 5.74) is 2.55. The Morgan fingerprint density at radius 1 is 1.14 bits per heavy atom. The molecule has 0 aliphatic carbocycles. The quantitative estimate of drug-likeness (QED) is 0.494. The number of ether oxygens (including phenoxy) is 1. The zero-order chi connectivity index (χ0) is 14.7. The summed E-state index contributed by atoms with van der Waals surface area (Å²) in [5, 5.41) is 3.56. The molecule has 0 aliphatic rings. The molecule has 108 valence electrons. The van der Waals surface area contributed by atoms with Crippen molar-refractivity contribution in [2.24, 2.45) is 0 Å². The molecular weight excluding hydrogens is 344 g/mol. The van der Waals surface area contributed by atoms with Crippen LogP contribution in [0.3, 0.4) is 0 Å². The molecule has 1 aromatic heterocycles. The lowest BCUT2D eigenvalue weighted by molar-refractivity contribution is 0.317. The Bertz CT molecular complexity index is 735. The van der Waals surface area contributed by atoms with Gasteiger partial charge in [-0.1, -0.05) is 53.2 Å². The van der Waals surface area contributed by atoms with Crippen LogP contribution in [0.1, 0.15) is 29.3 Å². The molecule has 0 saturated carbocycles. The van der Waals surface area contributed by atoms with Gasteiger partial charge in [-0.05, 0) is 46.5 Å². The van der Waals surface area contributed by atoms with Gasteiger partial charge in [0.1, 0.15) is 5.75 Å². The topological polar surface area (TPSA) is 9.23 Å². The Balaban J connectivity index is 1.92. The van der Waals surface area contributed by atoms with Gasteiger partial charge in [-0.2, -0.15) is 0 Å². The highest BCUT2D eigenvalue weighted by Crippen LogP contribution is 2.39. The molecule has 3 aromatic rings. The number of fused-ring (bicyclic) bond motifs is 1. The van der Waals surface area contributed by atoms with Gasteiger partial charge in [0.25, 0.3) is 0 Å². The van der Waals surface area contributed by atoms with Crippen LogP contribution in [0.25, 0.3) is 10.1 Å². The molecule has 0 amide bonds. The number of benzene rings is 2. The highest BCUT2D eigenvalue weighted by atomic mass is 79.9. The second-order valence-corrected chi connectivity index (χ2v) is 6.80. The van der Waals surface area contributed by atoms with Gasteiger partial charge in [0.15, 0.2) is 0 Å². The molecule has 1 unspecified atom stereocenters. The summed E-state index contributed by atoms with van der Waals surface area (Å²) in [6.07, 6.45) is 1.02. The van der Waals surface area contributed by atoms with Crippen LogP contribution in [0, 0.1) is 0 Å². The molecule has 0 aliphatic heterocycles. The third kappa shape index (κ3) is 3.14. The van der Waals surface area contributed by atoms with Gasteiger partial charge in [-0.3, -0.25) is 0 Å². The van der Waals surface area contributed by atoms with E-state index in [-0.39, 0.29) is 4.83 Å². The van der Waals surface area contributed by atoms with Gasteiger partial charge in [0.05, 0.1) is 11.4 Å². The van der Waals surface area contributed by atoms with E-state index in [9.17, 15) is 0 Å². The summed E-state index contributed by atoms with van der Waals surface area (Å²) in [6, 6.07) is 16.9. The summed E-state index contributed by atoms with van der Waals surface area (Å²) in [7, 11) is 0. The summed E-state index contributed by atoms with van der Waals surface area (Å²) in [6.45, 7) is 2.88. The van der Waals surface area contributed by atoms with Crippen molar-refractivity contribution in [1.29, 1.82) is 0 Å². The van der Waals surface area contributed by atoms with Gasteiger partial charge >= 0.3 is 0 Å². The van der Waals surface area contributed by atoms with Gasteiger partial charge in [-0.15, -0.1) is 11.3 Å². The Kier molecular flexibility index (Phi) is 4.61. The maximum absolute atomic E-state index is 5.73. The predicted octanol–water partition coefficient (Wildman–Crippen LogP) is 6.17. The Morgan fingerprint density at radius 3 is 2.86 bits per heavy atom. The number of hydrogen-bond donors (Lipinski definition) is 0. The second-order valence-electron chi connectivity index (χ2n) is 4.97. The molecule has 1 heterocycles. The Labute approximate surface area is 137 Å². The van der Waals surface area contributed by atoms with Crippen LogP contribution in [0.15, 0.2) is 53.9 Å². The largest absolute Gasteiger partial charge is 0.494 e. The SMILES string of the molecule is CCCOc1cccc(C(Br)c2csc3ccccc23)c1. The maximum Gasteiger partial charge on any atom is 0.119 e. The van der Waals surface area contributed by atoms with Crippen LogP contribution in [0.4, 0.5) is 0 Å². The van der Waals surface area contributed by atoms with E-state index < -0.39 is 0 Å². The van der Waals surface area contributed by atoms with Crippen molar-refractivity contribution >= 4 is 37.4 Å². The van der Waals surface area contributed by atoms with Gasteiger partial charge < -0.3 is 4.74 Å². The van der Waals surface area contributed by atoms with E-state index in [1.807, 2.05) is 6.07 Å². The van der Waals surface area contributed by atoms with Gasteiger partial charge in [0, 0.05) is 4.70 Å². The molecule has 1 atom stereocenters. The summed E-state index contributed by atoms with van der Waals surface area (Å²) in [4.78, 5) is 0.193. The molecule has 0 saturated heterocycles. The molecule has 0 fully saturated rings. The average molecular weight is 361 g/mol. The molecular formula is C18H17BrOS. The van der Waals surface area contributed by atoms with Crippen molar-refractivity contribution < 1.29 is 4.74 Å². The third-order valence-corrected chi connectivity index (χ3v) is 5.41. The predicted molar refractivity (Wildman–Crippen MR) is 94.8 cm³/mol. The first-order chi connectivity index (χ1) is 10.3. The summed E-state index contributed by atoms with van der Waals surface area (Å²) < 4.78 is 7.06. The van der Waals surface area contributed by atoms with Crippen LogP contribution in [-0.4, -0.2) is 6.61 Å². The maximum atomic E-state index is 5.73. The summed E-state index contributed by atoms with van der Waals surface area (Å²) in [5.74, 6) is 0.943.